The van der Waals surface area contributed by atoms with Crippen LogP contribution in [-0.2, 0) is 0 Å². The molecule has 2 aliphatic rings. The molecule has 0 bridgehead atoms. The summed E-state index contributed by atoms with van der Waals surface area (Å²) < 4.78 is 0. The molecule has 4 rings (SSSR count). The van der Waals surface area contributed by atoms with Crippen LogP contribution in [0.1, 0.15) is 30.2 Å². The lowest BCUT2D eigenvalue weighted by atomic mass is 10.2. The van der Waals surface area contributed by atoms with Crippen molar-refractivity contribution in [1.82, 2.24) is 15.5 Å². The number of nitrogens with zero attached hydrogens (tertiary/aromatic N) is 3. The van der Waals surface area contributed by atoms with Crippen LogP contribution in [0.4, 0.5) is 5.69 Å². The zero-order valence-corrected chi connectivity index (χ0v) is 17.5. The second kappa shape index (κ2) is 9.43. The molecule has 2 N–H and O–H groups in total. The van der Waals surface area contributed by atoms with Crippen LogP contribution in [0.25, 0.3) is 0 Å². The SMILES string of the molecule is CN=C(NCC(c1cccs1)N1CCCC1)NC1CCN(c2ccccc2)C1. The smallest absolute Gasteiger partial charge is 0.191 e. The lowest BCUT2D eigenvalue weighted by Gasteiger charge is -2.28. The third-order valence-electron chi connectivity index (χ3n) is 5.79. The van der Waals surface area contributed by atoms with Gasteiger partial charge in [-0.1, -0.05) is 24.3 Å². The average Bonchev–Trinajstić information content (AvgIpc) is 3.51. The van der Waals surface area contributed by atoms with E-state index in [2.05, 4.69) is 73.3 Å². The molecule has 0 spiro atoms. The lowest BCUT2D eigenvalue weighted by molar-refractivity contribution is 0.249. The molecule has 1 aromatic carbocycles. The average molecular weight is 398 g/mol. The van der Waals surface area contributed by atoms with E-state index in [-0.39, 0.29) is 0 Å². The Morgan fingerprint density at radius 3 is 2.68 bits per heavy atom. The normalized spacial score (nSPS) is 21.8. The first-order valence-corrected chi connectivity index (χ1v) is 11.3. The summed E-state index contributed by atoms with van der Waals surface area (Å²) in [6, 6.07) is 16.0. The number of benzene rings is 1. The van der Waals surface area contributed by atoms with E-state index in [0.29, 0.717) is 12.1 Å². The number of nitrogens with one attached hydrogen (secondary N) is 2. The van der Waals surface area contributed by atoms with Crippen molar-refractivity contribution in [2.75, 3.05) is 44.7 Å². The minimum absolute atomic E-state index is 0.429. The van der Waals surface area contributed by atoms with Crippen molar-refractivity contribution in [2.24, 2.45) is 4.99 Å². The minimum atomic E-state index is 0.429. The number of para-hydroxylation sites is 1. The molecule has 28 heavy (non-hydrogen) atoms. The highest BCUT2D eigenvalue weighted by atomic mass is 32.1. The fourth-order valence-electron chi connectivity index (χ4n) is 4.28. The van der Waals surface area contributed by atoms with Gasteiger partial charge >= 0.3 is 0 Å². The largest absolute Gasteiger partial charge is 0.369 e. The van der Waals surface area contributed by atoms with Gasteiger partial charge in [-0.2, -0.15) is 0 Å². The van der Waals surface area contributed by atoms with Crippen molar-refractivity contribution in [3.63, 3.8) is 0 Å². The second-order valence-electron chi connectivity index (χ2n) is 7.64. The summed E-state index contributed by atoms with van der Waals surface area (Å²) in [5, 5.41) is 9.42. The molecule has 0 saturated carbocycles. The zero-order valence-electron chi connectivity index (χ0n) is 16.7. The van der Waals surface area contributed by atoms with Crippen molar-refractivity contribution < 1.29 is 0 Å². The maximum Gasteiger partial charge on any atom is 0.191 e. The first kappa shape index (κ1) is 19.3. The van der Waals surface area contributed by atoms with Crippen LogP contribution in [0.2, 0.25) is 0 Å². The fourth-order valence-corrected chi connectivity index (χ4v) is 5.14. The van der Waals surface area contributed by atoms with Crippen molar-refractivity contribution in [3.8, 4) is 0 Å². The number of hydrogen-bond acceptors (Lipinski definition) is 4. The number of guanidine groups is 1. The van der Waals surface area contributed by atoms with E-state index in [9.17, 15) is 0 Å². The van der Waals surface area contributed by atoms with Crippen LogP contribution < -0.4 is 15.5 Å². The number of hydrogen-bond donors (Lipinski definition) is 2. The summed E-state index contributed by atoms with van der Waals surface area (Å²) >= 11 is 1.86. The van der Waals surface area contributed by atoms with Gasteiger partial charge in [0.2, 0.25) is 0 Å². The summed E-state index contributed by atoms with van der Waals surface area (Å²) in [6.07, 6.45) is 3.76. The van der Waals surface area contributed by atoms with Gasteiger partial charge in [0.15, 0.2) is 5.96 Å². The molecular weight excluding hydrogens is 366 g/mol. The molecule has 0 aliphatic carbocycles. The molecule has 2 fully saturated rings. The topological polar surface area (TPSA) is 42.9 Å². The summed E-state index contributed by atoms with van der Waals surface area (Å²) in [5.41, 5.74) is 1.31. The Morgan fingerprint density at radius 1 is 1.14 bits per heavy atom. The number of rotatable bonds is 6. The van der Waals surface area contributed by atoms with E-state index in [1.807, 2.05) is 18.4 Å². The van der Waals surface area contributed by atoms with E-state index in [0.717, 1.165) is 32.0 Å². The van der Waals surface area contributed by atoms with Crippen molar-refractivity contribution in [3.05, 3.63) is 52.7 Å². The van der Waals surface area contributed by atoms with Crippen LogP contribution in [0.15, 0.2) is 52.8 Å². The third kappa shape index (κ3) is 4.67. The fraction of sp³-hybridized carbons (Fsp3) is 0.500. The molecular formula is C22H31N5S. The Kier molecular flexibility index (Phi) is 6.49. The van der Waals surface area contributed by atoms with Crippen LogP contribution in [-0.4, -0.2) is 56.7 Å². The second-order valence-corrected chi connectivity index (χ2v) is 8.62. The first-order valence-electron chi connectivity index (χ1n) is 10.4. The Labute approximate surface area is 172 Å². The molecule has 5 nitrogen and oxygen atoms in total. The Morgan fingerprint density at radius 2 is 1.96 bits per heavy atom. The number of likely N-dealkylation sites (tertiary alicyclic amines) is 1. The molecule has 0 amide bonds. The van der Waals surface area contributed by atoms with Gasteiger partial charge in [-0.3, -0.25) is 9.89 Å². The van der Waals surface area contributed by atoms with Gasteiger partial charge in [0.1, 0.15) is 0 Å². The highest BCUT2D eigenvalue weighted by Crippen LogP contribution is 2.27. The van der Waals surface area contributed by atoms with E-state index in [4.69, 9.17) is 0 Å². The molecule has 2 aliphatic heterocycles. The third-order valence-corrected chi connectivity index (χ3v) is 6.76. The maximum atomic E-state index is 4.49. The van der Waals surface area contributed by atoms with Crippen molar-refractivity contribution >= 4 is 23.0 Å². The molecule has 150 valence electrons. The molecule has 6 heteroatoms. The molecule has 1 aromatic heterocycles. The van der Waals surface area contributed by atoms with Crippen molar-refractivity contribution in [1.29, 1.82) is 0 Å². The Balaban J connectivity index is 1.32. The van der Waals surface area contributed by atoms with Gasteiger partial charge in [0.05, 0.1) is 6.04 Å². The molecule has 2 aromatic rings. The standard InChI is InChI=1S/C22H31N5S/c1-23-22(25-18-11-14-27(17-18)19-8-3-2-4-9-19)24-16-20(21-10-7-15-28-21)26-12-5-6-13-26/h2-4,7-10,15,18,20H,5-6,11-14,16-17H2,1H3,(H2,23,24,25). The molecule has 2 saturated heterocycles. The van der Waals surface area contributed by atoms with Gasteiger partial charge in [-0.05, 0) is 55.9 Å². The highest BCUT2D eigenvalue weighted by molar-refractivity contribution is 7.10. The molecule has 2 unspecified atom stereocenters. The summed E-state index contributed by atoms with van der Waals surface area (Å²) in [6.45, 7) is 5.40. The maximum absolute atomic E-state index is 4.49. The number of aliphatic imine (C=N–C) groups is 1. The summed E-state index contributed by atoms with van der Waals surface area (Å²) in [4.78, 5) is 11.0. The first-order chi connectivity index (χ1) is 13.8. The minimum Gasteiger partial charge on any atom is -0.369 e. The molecule has 2 atom stereocenters. The van der Waals surface area contributed by atoms with E-state index >= 15 is 0 Å². The lowest BCUT2D eigenvalue weighted by Crippen LogP contribution is -2.47. The Hall–Kier alpha value is -2.05. The van der Waals surface area contributed by atoms with Crippen LogP contribution in [0.3, 0.4) is 0 Å². The predicted octanol–water partition coefficient (Wildman–Crippen LogP) is 3.33. The zero-order chi connectivity index (χ0) is 19.2. The predicted molar refractivity (Wildman–Crippen MR) is 119 cm³/mol. The number of thiophene rings is 1. The van der Waals surface area contributed by atoms with Crippen LogP contribution in [0.5, 0.6) is 0 Å². The molecule has 0 radical (unpaired) electrons. The van der Waals surface area contributed by atoms with Gasteiger partial charge in [0.25, 0.3) is 0 Å². The Bertz CT molecular complexity index is 740. The summed E-state index contributed by atoms with van der Waals surface area (Å²) in [7, 11) is 1.87. The van der Waals surface area contributed by atoms with Crippen molar-refractivity contribution in [2.45, 2.75) is 31.3 Å². The number of anilines is 1. The van der Waals surface area contributed by atoms with E-state index in [1.54, 1.807) is 0 Å². The van der Waals surface area contributed by atoms with Gasteiger partial charge in [0, 0.05) is 43.3 Å². The van der Waals surface area contributed by atoms with Gasteiger partial charge in [-0.15, -0.1) is 11.3 Å². The van der Waals surface area contributed by atoms with Crippen LogP contribution in [0, 0.1) is 0 Å². The van der Waals surface area contributed by atoms with E-state index in [1.165, 1.54) is 36.5 Å². The van der Waals surface area contributed by atoms with E-state index < -0.39 is 0 Å². The van der Waals surface area contributed by atoms with Gasteiger partial charge < -0.3 is 15.5 Å². The monoisotopic (exact) mass is 397 g/mol. The van der Waals surface area contributed by atoms with Crippen LogP contribution >= 0.6 is 11.3 Å². The van der Waals surface area contributed by atoms with Gasteiger partial charge in [-0.25, -0.2) is 0 Å². The summed E-state index contributed by atoms with van der Waals surface area (Å²) in [5.74, 6) is 0.917. The quantitative estimate of drug-likeness (QED) is 0.580. The molecule has 3 heterocycles. The highest BCUT2D eigenvalue weighted by Gasteiger charge is 2.26.